The molecule has 0 saturated carbocycles. The van der Waals surface area contributed by atoms with Crippen LogP contribution in [0, 0.1) is 5.41 Å². The van der Waals surface area contributed by atoms with Crippen LogP contribution in [0.15, 0.2) is 48.5 Å². The minimum atomic E-state index is -0.255. The fraction of sp³-hybridized carbons (Fsp3) is 0.286. The van der Waals surface area contributed by atoms with E-state index in [1.165, 1.54) is 7.11 Å². The molecule has 1 fully saturated rings. The van der Waals surface area contributed by atoms with E-state index in [0.717, 1.165) is 22.4 Å². The molecule has 1 aliphatic heterocycles. The minimum Gasteiger partial charge on any atom is -0.469 e. The van der Waals surface area contributed by atoms with Gasteiger partial charge in [0, 0.05) is 31.3 Å². The molecule has 1 aliphatic rings. The first-order chi connectivity index (χ1) is 13.5. The van der Waals surface area contributed by atoms with Crippen molar-refractivity contribution in [2.75, 3.05) is 25.6 Å². The summed E-state index contributed by atoms with van der Waals surface area (Å²) in [6.07, 6.45) is 0.849. The first-order valence-corrected chi connectivity index (χ1v) is 9.13. The maximum absolute atomic E-state index is 12.5. The van der Waals surface area contributed by atoms with Gasteiger partial charge in [-0.3, -0.25) is 15.1 Å². The minimum absolute atomic E-state index is 0.163. The van der Waals surface area contributed by atoms with Crippen molar-refractivity contribution < 1.29 is 14.3 Å². The SMILES string of the molecule is CNC(=N)c1ccc(N2C(=O)NCC2c2ccccc2CCC(=O)OC)cc1. The Balaban J connectivity index is 1.89. The molecular formula is C21H24N4O3. The van der Waals surface area contributed by atoms with Crippen molar-refractivity contribution in [2.24, 2.45) is 0 Å². The molecule has 0 radical (unpaired) electrons. The normalized spacial score (nSPS) is 15.9. The number of nitrogens with one attached hydrogen (secondary N) is 3. The fourth-order valence-electron chi connectivity index (χ4n) is 3.41. The topological polar surface area (TPSA) is 94.5 Å². The molecule has 7 nitrogen and oxygen atoms in total. The smallest absolute Gasteiger partial charge is 0.322 e. The first kappa shape index (κ1) is 19.4. The zero-order valence-corrected chi connectivity index (χ0v) is 16.0. The number of nitrogens with zero attached hydrogens (tertiary/aromatic N) is 1. The molecule has 3 rings (SSSR count). The van der Waals surface area contributed by atoms with Crippen molar-refractivity contribution in [3.05, 3.63) is 65.2 Å². The number of ether oxygens (including phenoxy) is 1. The number of anilines is 1. The summed E-state index contributed by atoms with van der Waals surface area (Å²) in [4.78, 5) is 25.8. The number of amidine groups is 1. The number of methoxy groups -OCH3 is 1. The molecule has 28 heavy (non-hydrogen) atoms. The lowest BCUT2D eigenvalue weighted by molar-refractivity contribution is -0.140. The summed E-state index contributed by atoms with van der Waals surface area (Å²) >= 11 is 0. The van der Waals surface area contributed by atoms with E-state index in [1.807, 2.05) is 48.5 Å². The first-order valence-electron chi connectivity index (χ1n) is 9.13. The Hall–Kier alpha value is -3.35. The second kappa shape index (κ2) is 8.56. The van der Waals surface area contributed by atoms with E-state index >= 15 is 0 Å². The van der Waals surface area contributed by atoms with Crippen LogP contribution in [0.25, 0.3) is 0 Å². The molecule has 2 aromatic carbocycles. The van der Waals surface area contributed by atoms with Gasteiger partial charge in [-0.1, -0.05) is 24.3 Å². The van der Waals surface area contributed by atoms with Crippen molar-refractivity contribution in [2.45, 2.75) is 18.9 Å². The summed E-state index contributed by atoms with van der Waals surface area (Å²) in [6, 6.07) is 14.8. The molecule has 3 N–H and O–H groups in total. The zero-order chi connectivity index (χ0) is 20.1. The number of aryl methyl sites for hydroxylation is 1. The lowest BCUT2D eigenvalue weighted by Gasteiger charge is -2.25. The van der Waals surface area contributed by atoms with Crippen LogP contribution >= 0.6 is 0 Å². The number of urea groups is 1. The highest BCUT2D eigenvalue weighted by atomic mass is 16.5. The summed E-state index contributed by atoms with van der Waals surface area (Å²) in [5.74, 6) is 0.0667. The van der Waals surface area contributed by atoms with Gasteiger partial charge in [0.25, 0.3) is 0 Å². The highest BCUT2D eigenvalue weighted by Gasteiger charge is 2.34. The Labute approximate surface area is 164 Å². The van der Waals surface area contributed by atoms with Crippen molar-refractivity contribution >= 4 is 23.5 Å². The standard InChI is InChI=1S/C21H24N4O3/c1-23-20(22)15-7-10-16(11-8-15)25-18(13-24-21(25)27)17-6-4-3-5-14(17)9-12-19(26)28-2/h3-8,10-11,18H,9,12-13H2,1-2H3,(H2,22,23)(H,24,27). The summed E-state index contributed by atoms with van der Waals surface area (Å²) in [5, 5.41) is 13.6. The Morgan fingerprint density at radius 2 is 1.96 bits per heavy atom. The average Bonchev–Trinajstić information content (AvgIpc) is 3.12. The zero-order valence-electron chi connectivity index (χ0n) is 16.0. The van der Waals surface area contributed by atoms with E-state index in [4.69, 9.17) is 10.1 Å². The van der Waals surface area contributed by atoms with Gasteiger partial charge in [-0.15, -0.1) is 0 Å². The van der Waals surface area contributed by atoms with Crippen LogP contribution in [0.4, 0.5) is 10.5 Å². The molecule has 0 spiro atoms. The molecule has 0 aliphatic carbocycles. The van der Waals surface area contributed by atoms with Gasteiger partial charge in [-0.2, -0.15) is 0 Å². The van der Waals surface area contributed by atoms with E-state index in [1.54, 1.807) is 11.9 Å². The number of hydrogen-bond acceptors (Lipinski definition) is 4. The quantitative estimate of drug-likeness (QED) is 0.408. The van der Waals surface area contributed by atoms with Gasteiger partial charge in [0.15, 0.2) is 0 Å². The molecular weight excluding hydrogens is 356 g/mol. The summed E-state index contributed by atoms with van der Waals surface area (Å²) in [5.41, 5.74) is 3.54. The predicted octanol–water partition coefficient (Wildman–Crippen LogP) is 2.61. The van der Waals surface area contributed by atoms with Crippen LogP contribution < -0.4 is 15.5 Å². The van der Waals surface area contributed by atoms with Crippen LogP contribution in [0.2, 0.25) is 0 Å². The van der Waals surface area contributed by atoms with Crippen molar-refractivity contribution in [3.8, 4) is 0 Å². The third-order valence-electron chi connectivity index (χ3n) is 4.90. The Morgan fingerprint density at radius 3 is 2.64 bits per heavy atom. The summed E-state index contributed by atoms with van der Waals surface area (Å²) < 4.78 is 4.75. The molecule has 1 saturated heterocycles. The van der Waals surface area contributed by atoms with Gasteiger partial charge in [-0.25, -0.2) is 4.79 Å². The Bertz CT molecular complexity index is 879. The number of amides is 2. The van der Waals surface area contributed by atoms with Crippen LogP contribution in [-0.2, 0) is 16.0 Å². The van der Waals surface area contributed by atoms with E-state index < -0.39 is 0 Å². The van der Waals surface area contributed by atoms with E-state index in [-0.39, 0.29) is 18.0 Å². The highest BCUT2D eigenvalue weighted by molar-refractivity contribution is 5.98. The number of carbonyl (C=O) groups is 2. The van der Waals surface area contributed by atoms with Crippen LogP contribution in [0.3, 0.4) is 0 Å². The van der Waals surface area contributed by atoms with Crippen LogP contribution in [-0.4, -0.2) is 38.5 Å². The number of benzene rings is 2. The van der Waals surface area contributed by atoms with Crippen molar-refractivity contribution in [3.63, 3.8) is 0 Å². The molecule has 2 aromatic rings. The van der Waals surface area contributed by atoms with Gasteiger partial charge in [-0.05, 0) is 41.8 Å². The Morgan fingerprint density at radius 1 is 1.25 bits per heavy atom. The highest BCUT2D eigenvalue weighted by Crippen LogP contribution is 2.33. The average molecular weight is 380 g/mol. The lowest BCUT2D eigenvalue weighted by atomic mass is 9.96. The lowest BCUT2D eigenvalue weighted by Crippen LogP contribution is -2.30. The maximum Gasteiger partial charge on any atom is 0.322 e. The third-order valence-corrected chi connectivity index (χ3v) is 4.90. The number of hydrogen-bond donors (Lipinski definition) is 3. The molecule has 1 heterocycles. The van der Waals surface area contributed by atoms with Gasteiger partial charge >= 0.3 is 12.0 Å². The monoisotopic (exact) mass is 380 g/mol. The summed E-state index contributed by atoms with van der Waals surface area (Å²) in [6.45, 7) is 0.488. The molecule has 0 aromatic heterocycles. The number of esters is 1. The van der Waals surface area contributed by atoms with Crippen molar-refractivity contribution in [1.29, 1.82) is 5.41 Å². The second-order valence-corrected chi connectivity index (χ2v) is 6.52. The molecule has 1 unspecified atom stereocenters. The van der Waals surface area contributed by atoms with E-state index in [0.29, 0.717) is 25.2 Å². The molecule has 0 bridgehead atoms. The fourth-order valence-corrected chi connectivity index (χ4v) is 3.41. The molecule has 2 amide bonds. The molecule has 146 valence electrons. The molecule has 7 heteroatoms. The third kappa shape index (κ3) is 3.98. The largest absolute Gasteiger partial charge is 0.469 e. The van der Waals surface area contributed by atoms with Crippen LogP contribution in [0.5, 0.6) is 0 Å². The van der Waals surface area contributed by atoms with Gasteiger partial charge in [0.05, 0.1) is 13.2 Å². The maximum atomic E-state index is 12.5. The Kier molecular flexibility index (Phi) is 5.93. The van der Waals surface area contributed by atoms with Gasteiger partial charge in [0.2, 0.25) is 0 Å². The van der Waals surface area contributed by atoms with Gasteiger partial charge in [0.1, 0.15) is 5.84 Å². The van der Waals surface area contributed by atoms with Crippen molar-refractivity contribution in [1.82, 2.24) is 10.6 Å². The summed E-state index contributed by atoms with van der Waals surface area (Å²) in [7, 11) is 3.08. The second-order valence-electron chi connectivity index (χ2n) is 6.52. The van der Waals surface area contributed by atoms with E-state index in [2.05, 4.69) is 10.6 Å². The molecule has 1 atom stereocenters. The predicted molar refractivity (Wildman–Crippen MR) is 108 cm³/mol. The van der Waals surface area contributed by atoms with Gasteiger partial charge < -0.3 is 15.4 Å². The number of carbonyl (C=O) groups excluding carboxylic acids is 2. The number of rotatable bonds is 6. The van der Waals surface area contributed by atoms with Crippen LogP contribution in [0.1, 0.15) is 29.2 Å². The van der Waals surface area contributed by atoms with E-state index in [9.17, 15) is 9.59 Å².